The summed E-state index contributed by atoms with van der Waals surface area (Å²) in [6.45, 7) is 7.75. The smallest absolute Gasteiger partial charge is 0.335 e. The molecule has 8 aromatic rings. The van der Waals surface area contributed by atoms with Gasteiger partial charge in [-0.2, -0.15) is 9.97 Å². The first-order valence-electron chi connectivity index (χ1n) is 22.1. The molecular formula is C52H52N6O7S2. The van der Waals surface area contributed by atoms with E-state index in [1.54, 1.807) is 49.4 Å². The molecule has 0 aliphatic carbocycles. The largest absolute Gasteiger partial charge is 0.478 e. The van der Waals surface area contributed by atoms with E-state index in [9.17, 15) is 9.59 Å². The van der Waals surface area contributed by atoms with E-state index in [0.29, 0.717) is 60.9 Å². The number of carboxylic acids is 1. The number of aryl methyl sites for hydroxylation is 2. The van der Waals surface area contributed by atoms with E-state index in [1.165, 1.54) is 44.1 Å². The maximum atomic E-state index is 13.1. The summed E-state index contributed by atoms with van der Waals surface area (Å²) in [5.74, 6) is 0.739. The van der Waals surface area contributed by atoms with Crippen LogP contribution in [-0.2, 0) is 20.3 Å². The summed E-state index contributed by atoms with van der Waals surface area (Å²) >= 11 is 3.60. The number of rotatable bonds is 11. The van der Waals surface area contributed by atoms with Crippen LogP contribution >= 0.6 is 22.7 Å². The van der Waals surface area contributed by atoms with E-state index in [0.717, 1.165) is 44.5 Å². The first kappa shape index (κ1) is 46.9. The van der Waals surface area contributed by atoms with Crippen molar-refractivity contribution in [2.75, 3.05) is 39.5 Å². The third kappa shape index (κ3) is 11.5. The van der Waals surface area contributed by atoms with Crippen molar-refractivity contribution in [2.45, 2.75) is 50.4 Å². The lowest BCUT2D eigenvalue weighted by Gasteiger charge is -2.36. The van der Waals surface area contributed by atoms with Crippen LogP contribution in [0.5, 0.6) is 0 Å². The van der Waals surface area contributed by atoms with Gasteiger partial charge in [-0.25, -0.2) is 4.79 Å². The van der Waals surface area contributed by atoms with Crippen LogP contribution in [0.15, 0.2) is 141 Å². The maximum Gasteiger partial charge on any atom is 0.335 e. The highest BCUT2D eigenvalue weighted by molar-refractivity contribution is 7.10. The van der Waals surface area contributed by atoms with E-state index >= 15 is 0 Å². The number of aromatic nitrogens is 4. The SMILES string of the molecule is Cc1nc(-c2cccc(C(=O)NCC3(c4cc(-c5ccccc5)cs4)CCOCC3)c2)no1.Cc1nc(-c2cccc(C(=O)O)c2)no1.NCC1(c2cc(-c3ccccc3)cs2)CCOCC1. The molecule has 0 unspecified atom stereocenters. The predicted octanol–water partition coefficient (Wildman–Crippen LogP) is 10.4. The fraction of sp³-hybridized carbons (Fsp3) is 0.269. The fourth-order valence-electron chi connectivity index (χ4n) is 8.15. The zero-order valence-electron chi connectivity index (χ0n) is 37.4. The number of nitrogens with one attached hydrogen (secondary N) is 1. The minimum atomic E-state index is -0.975. The monoisotopic (exact) mass is 936 g/mol. The number of hydrogen-bond acceptors (Lipinski definition) is 13. The van der Waals surface area contributed by atoms with Crippen LogP contribution in [0, 0.1) is 13.8 Å². The van der Waals surface area contributed by atoms with Gasteiger partial charge >= 0.3 is 5.97 Å². The number of carbonyl (C=O) groups is 2. The van der Waals surface area contributed by atoms with Gasteiger partial charge in [0.05, 0.1) is 5.56 Å². The van der Waals surface area contributed by atoms with Crippen molar-refractivity contribution in [3.8, 4) is 45.0 Å². The first-order chi connectivity index (χ1) is 32.6. The number of amides is 1. The number of aromatic carboxylic acids is 1. The van der Waals surface area contributed by atoms with E-state index in [1.807, 2.05) is 29.5 Å². The molecule has 67 heavy (non-hydrogen) atoms. The molecule has 1 amide bonds. The van der Waals surface area contributed by atoms with Crippen LogP contribution in [0.3, 0.4) is 0 Å². The average Bonchev–Trinajstić information content (AvgIpc) is 4.24. The van der Waals surface area contributed by atoms with Crippen molar-refractivity contribution in [3.05, 3.63) is 165 Å². The quantitative estimate of drug-likeness (QED) is 0.111. The lowest BCUT2D eigenvalue weighted by atomic mass is 9.78. The number of ether oxygens (including phenoxy) is 2. The van der Waals surface area contributed by atoms with E-state index in [4.69, 9.17) is 29.4 Å². The third-order valence-electron chi connectivity index (χ3n) is 12.1. The first-order valence-corrected chi connectivity index (χ1v) is 23.9. The molecule has 2 saturated heterocycles. The van der Waals surface area contributed by atoms with E-state index in [-0.39, 0.29) is 22.3 Å². The molecule has 4 aromatic carbocycles. The molecular weight excluding hydrogens is 885 g/mol. The average molecular weight is 937 g/mol. The van der Waals surface area contributed by atoms with Crippen molar-refractivity contribution >= 4 is 34.6 Å². The summed E-state index contributed by atoms with van der Waals surface area (Å²) in [6, 6.07) is 39.2. The van der Waals surface area contributed by atoms with Crippen LogP contribution in [0.1, 0.15) is 67.9 Å². The van der Waals surface area contributed by atoms with Crippen LogP contribution in [-0.4, -0.2) is 76.8 Å². The Bertz CT molecular complexity index is 2860. The molecule has 0 saturated carbocycles. The molecule has 6 heterocycles. The number of hydrogen-bond donors (Lipinski definition) is 3. The fourth-order valence-corrected chi connectivity index (χ4v) is 10.5. The molecule has 0 atom stereocenters. The Hall–Kier alpha value is -6.62. The summed E-state index contributed by atoms with van der Waals surface area (Å²) in [4.78, 5) is 34.8. The second kappa shape index (κ2) is 21.8. The minimum Gasteiger partial charge on any atom is -0.478 e. The van der Waals surface area contributed by atoms with Gasteiger partial charge in [-0.15, -0.1) is 22.7 Å². The van der Waals surface area contributed by atoms with Crippen LogP contribution in [0.2, 0.25) is 0 Å². The summed E-state index contributed by atoms with van der Waals surface area (Å²) in [5, 5.41) is 24.1. The lowest BCUT2D eigenvalue weighted by molar-refractivity contribution is 0.0499. The highest BCUT2D eigenvalue weighted by Gasteiger charge is 2.37. The van der Waals surface area contributed by atoms with Gasteiger partial charge in [0.15, 0.2) is 0 Å². The Morgan fingerprint density at radius 1 is 0.597 bits per heavy atom. The van der Waals surface area contributed by atoms with Crippen molar-refractivity contribution in [3.63, 3.8) is 0 Å². The number of carboxylic acid groups (broad SMARTS) is 1. The lowest BCUT2D eigenvalue weighted by Crippen LogP contribution is -2.44. The molecule has 0 bridgehead atoms. The number of thiophene rings is 2. The highest BCUT2D eigenvalue weighted by atomic mass is 32.1. The van der Waals surface area contributed by atoms with E-state index < -0.39 is 5.97 Å². The topological polar surface area (TPSA) is 189 Å². The van der Waals surface area contributed by atoms with Gasteiger partial charge in [-0.3, -0.25) is 4.79 Å². The summed E-state index contributed by atoms with van der Waals surface area (Å²) in [5.41, 5.74) is 13.3. The molecule has 4 N–H and O–H groups in total. The Morgan fingerprint density at radius 2 is 1.04 bits per heavy atom. The van der Waals surface area contributed by atoms with Crippen molar-refractivity contribution < 1.29 is 33.2 Å². The molecule has 15 heteroatoms. The van der Waals surface area contributed by atoms with Gasteiger partial charge in [-0.1, -0.05) is 95.2 Å². The van der Waals surface area contributed by atoms with Crippen LogP contribution in [0.25, 0.3) is 45.0 Å². The molecule has 0 radical (unpaired) electrons. The van der Waals surface area contributed by atoms with E-state index in [2.05, 4.69) is 103 Å². The van der Waals surface area contributed by atoms with Crippen molar-refractivity contribution in [1.29, 1.82) is 0 Å². The molecule has 2 aliphatic rings. The molecule has 2 aliphatic heterocycles. The number of benzene rings is 4. The highest BCUT2D eigenvalue weighted by Crippen LogP contribution is 2.41. The normalized spacial score (nSPS) is 15.0. The number of carbonyl (C=O) groups excluding carboxylic acids is 1. The summed E-state index contributed by atoms with van der Waals surface area (Å²) in [7, 11) is 0. The molecule has 13 nitrogen and oxygen atoms in total. The van der Waals surface area contributed by atoms with Crippen molar-refractivity contribution in [2.24, 2.45) is 5.73 Å². The summed E-state index contributed by atoms with van der Waals surface area (Å²) in [6.07, 6.45) is 3.84. The second-order valence-corrected chi connectivity index (χ2v) is 18.4. The number of nitrogens with zero attached hydrogens (tertiary/aromatic N) is 4. The molecule has 2 fully saturated rings. The minimum absolute atomic E-state index is 0.109. The van der Waals surface area contributed by atoms with Crippen molar-refractivity contribution in [1.82, 2.24) is 25.6 Å². The Balaban J connectivity index is 0.000000151. The van der Waals surface area contributed by atoms with Crippen LogP contribution < -0.4 is 11.1 Å². The maximum absolute atomic E-state index is 13.1. The molecule has 0 spiro atoms. The number of nitrogens with two attached hydrogens (primary N) is 1. The van der Waals surface area contributed by atoms with Gasteiger partial charge < -0.3 is 34.7 Å². The van der Waals surface area contributed by atoms with Gasteiger partial charge in [0.2, 0.25) is 23.4 Å². The Labute approximate surface area is 397 Å². The molecule has 4 aromatic heterocycles. The van der Waals surface area contributed by atoms with Crippen LogP contribution in [0.4, 0.5) is 0 Å². The molecule has 344 valence electrons. The zero-order chi connectivity index (χ0) is 46.6. The second-order valence-electron chi connectivity index (χ2n) is 16.5. The predicted molar refractivity (Wildman–Crippen MR) is 260 cm³/mol. The molecule has 10 rings (SSSR count). The third-order valence-corrected chi connectivity index (χ3v) is 14.5. The standard InChI is InChI=1S/C26H25N3O3S.C16H19NOS.C10H8N2O3/c1-18-28-24(29-32-18)20-8-5-9-21(14-20)25(30)27-17-26(10-12-31-13-11-26)23-15-22(16-33-23)19-6-3-2-4-7-19;17-12-16(6-8-18-9-7-16)15-10-14(11-19-15)13-4-2-1-3-5-13;1-6-11-9(12-15-6)7-3-2-4-8(5-7)10(13)14/h2-9,14-16H,10-13,17H2,1H3,(H,27,30);1-5,10-11H,6-9,12,17H2;2-5H,1H3,(H,13,14). The van der Waals surface area contributed by atoms with Gasteiger partial charge in [0, 0.05) is 90.6 Å². The summed E-state index contributed by atoms with van der Waals surface area (Å²) < 4.78 is 21.0. The Morgan fingerprint density at radius 3 is 1.51 bits per heavy atom. The Kier molecular flexibility index (Phi) is 15.2. The van der Waals surface area contributed by atoms with Gasteiger partial charge in [0.1, 0.15) is 0 Å². The zero-order valence-corrected chi connectivity index (χ0v) is 39.0. The van der Waals surface area contributed by atoms with Gasteiger partial charge in [-0.05, 0) is 95.1 Å². The van der Waals surface area contributed by atoms with Gasteiger partial charge in [0.25, 0.3) is 5.91 Å².